The Morgan fingerprint density at radius 3 is 1.56 bits per heavy atom. The van der Waals surface area contributed by atoms with E-state index < -0.39 is 12.2 Å². The second-order valence-electron chi connectivity index (χ2n) is 4.28. The summed E-state index contributed by atoms with van der Waals surface area (Å²) in [6.45, 7) is 0.313. The quantitative estimate of drug-likeness (QED) is 0.399. The molecule has 98 valence electrons. The number of aliphatic hydroxyl groups excluding tert-OH is 4. The van der Waals surface area contributed by atoms with E-state index in [0.29, 0.717) is 19.3 Å². The minimum atomic E-state index is -0.704. The zero-order valence-electron chi connectivity index (χ0n) is 10.0. The van der Waals surface area contributed by atoms with Crippen LogP contribution in [0.4, 0.5) is 0 Å². The Morgan fingerprint density at radius 1 is 0.562 bits per heavy atom. The van der Waals surface area contributed by atoms with Crippen molar-refractivity contribution in [1.82, 2.24) is 0 Å². The third-order valence-electron chi connectivity index (χ3n) is 2.76. The lowest BCUT2D eigenvalue weighted by atomic mass is 10.0. The topological polar surface area (TPSA) is 80.9 Å². The first-order valence-corrected chi connectivity index (χ1v) is 6.30. The van der Waals surface area contributed by atoms with E-state index in [9.17, 15) is 10.2 Å². The minimum Gasteiger partial charge on any atom is -0.396 e. The van der Waals surface area contributed by atoms with Crippen molar-refractivity contribution >= 4 is 0 Å². The summed E-state index contributed by atoms with van der Waals surface area (Å²) < 4.78 is 0. The van der Waals surface area contributed by atoms with Gasteiger partial charge in [-0.3, -0.25) is 0 Å². The van der Waals surface area contributed by atoms with Gasteiger partial charge in [0, 0.05) is 13.2 Å². The van der Waals surface area contributed by atoms with Gasteiger partial charge in [0.05, 0.1) is 12.2 Å². The Balaban J connectivity index is 3.31. The average Bonchev–Trinajstić information content (AvgIpc) is 2.30. The van der Waals surface area contributed by atoms with Crippen LogP contribution < -0.4 is 0 Å². The van der Waals surface area contributed by atoms with Crippen LogP contribution in [0, 0.1) is 0 Å². The van der Waals surface area contributed by atoms with Gasteiger partial charge in [-0.2, -0.15) is 0 Å². The van der Waals surface area contributed by atoms with Crippen LogP contribution in [0.5, 0.6) is 0 Å². The molecule has 16 heavy (non-hydrogen) atoms. The van der Waals surface area contributed by atoms with Gasteiger partial charge in [0.15, 0.2) is 0 Å². The van der Waals surface area contributed by atoms with Crippen LogP contribution in [-0.4, -0.2) is 45.8 Å². The van der Waals surface area contributed by atoms with Gasteiger partial charge in [-0.25, -0.2) is 0 Å². The van der Waals surface area contributed by atoms with Crippen molar-refractivity contribution in [3.05, 3.63) is 0 Å². The molecule has 0 aliphatic heterocycles. The number of rotatable bonds is 11. The van der Waals surface area contributed by atoms with Crippen LogP contribution >= 0.6 is 0 Å². The van der Waals surface area contributed by atoms with E-state index in [0.717, 1.165) is 32.1 Å². The van der Waals surface area contributed by atoms with Crippen LogP contribution in [0.1, 0.15) is 51.4 Å². The highest BCUT2D eigenvalue weighted by atomic mass is 16.3. The molecule has 0 aliphatic carbocycles. The van der Waals surface area contributed by atoms with Crippen molar-refractivity contribution in [2.75, 3.05) is 13.2 Å². The van der Waals surface area contributed by atoms with Gasteiger partial charge in [0.2, 0.25) is 0 Å². The average molecular weight is 234 g/mol. The Labute approximate surface area is 97.9 Å². The minimum absolute atomic E-state index is 0.0605. The molecule has 4 nitrogen and oxygen atoms in total. The Morgan fingerprint density at radius 2 is 1.00 bits per heavy atom. The first kappa shape index (κ1) is 15.8. The Hall–Kier alpha value is -0.160. The molecule has 0 heterocycles. The zero-order valence-corrected chi connectivity index (χ0v) is 10.0. The first-order chi connectivity index (χ1) is 7.72. The lowest BCUT2D eigenvalue weighted by molar-refractivity contribution is 0.00522. The summed E-state index contributed by atoms with van der Waals surface area (Å²) in [7, 11) is 0. The molecule has 0 aromatic carbocycles. The summed E-state index contributed by atoms with van der Waals surface area (Å²) in [4.78, 5) is 0. The molecule has 0 radical (unpaired) electrons. The van der Waals surface area contributed by atoms with Gasteiger partial charge in [-0.05, 0) is 25.7 Å². The van der Waals surface area contributed by atoms with Crippen molar-refractivity contribution in [3.8, 4) is 0 Å². The van der Waals surface area contributed by atoms with E-state index >= 15 is 0 Å². The van der Waals surface area contributed by atoms with Gasteiger partial charge >= 0.3 is 0 Å². The fourth-order valence-electron chi connectivity index (χ4n) is 1.68. The van der Waals surface area contributed by atoms with E-state index in [1.54, 1.807) is 0 Å². The second-order valence-corrected chi connectivity index (χ2v) is 4.28. The fraction of sp³-hybridized carbons (Fsp3) is 1.00. The van der Waals surface area contributed by atoms with E-state index in [1.165, 1.54) is 0 Å². The normalized spacial score (nSPS) is 15.0. The highest BCUT2D eigenvalue weighted by Crippen LogP contribution is 2.11. The molecule has 0 saturated heterocycles. The monoisotopic (exact) mass is 234 g/mol. The summed E-state index contributed by atoms with van der Waals surface area (Å²) in [6.07, 6.45) is 5.13. The number of aliphatic hydroxyl groups is 4. The van der Waals surface area contributed by atoms with Crippen molar-refractivity contribution in [2.24, 2.45) is 0 Å². The SMILES string of the molecule is OCCCCCCCC(O)C(O)CCCO. The van der Waals surface area contributed by atoms with Crippen LogP contribution in [0.15, 0.2) is 0 Å². The first-order valence-electron chi connectivity index (χ1n) is 6.30. The number of hydrogen-bond acceptors (Lipinski definition) is 4. The maximum Gasteiger partial charge on any atom is 0.0800 e. The van der Waals surface area contributed by atoms with E-state index in [4.69, 9.17) is 10.2 Å². The molecule has 2 atom stereocenters. The molecule has 0 spiro atoms. The molecule has 4 heteroatoms. The molecule has 0 amide bonds. The molecule has 0 saturated carbocycles. The fourth-order valence-corrected chi connectivity index (χ4v) is 1.68. The molecule has 0 bridgehead atoms. The van der Waals surface area contributed by atoms with Gasteiger partial charge < -0.3 is 20.4 Å². The predicted octanol–water partition coefficient (Wildman–Crippen LogP) is 0.814. The molecule has 0 fully saturated rings. The Bertz CT molecular complexity index is 141. The lowest BCUT2D eigenvalue weighted by Crippen LogP contribution is -2.25. The van der Waals surface area contributed by atoms with Crippen molar-refractivity contribution in [2.45, 2.75) is 63.6 Å². The maximum atomic E-state index is 9.58. The van der Waals surface area contributed by atoms with Crippen LogP contribution in [0.25, 0.3) is 0 Å². The molecule has 0 aromatic heterocycles. The molecule has 0 aromatic rings. The van der Waals surface area contributed by atoms with E-state index in [2.05, 4.69) is 0 Å². The van der Waals surface area contributed by atoms with Gasteiger partial charge in [-0.15, -0.1) is 0 Å². The molecular formula is C12H26O4. The predicted molar refractivity (Wildman–Crippen MR) is 63.1 cm³/mol. The van der Waals surface area contributed by atoms with E-state index in [1.807, 2.05) is 0 Å². The van der Waals surface area contributed by atoms with Gasteiger partial charge in [0.1, 0.15) is 0 Å². The maximum absolute atomic E-state index is 9.58. The molecule has 0 aliphatic rings. The molecule has 2 unspecified atom stereocenters. The number of hydrogen-bond donors (Lipinski definition) is 4. The highest BCUT2D eigenvalue weighted by Gasteiger charge is 2.14. The second kappa shape index (κ2) is 11.3. The zero-order chi connectivity index (χ0) is 12.2. The van der Waals surface area contributed by atoms with Crippen molar-refractivity contribution in [3.63, 3.8) is 0 Å². The summed E-state index contributed by atoms with van der Waals surface area (Å²) in [6, 6.07) is 0. The van der Waals surface area contributed by atoms with E-state index in [-0.39, 0.29) is 13.2 Å². The van der Waals surface area contributed by atoms with Crippen LogP contribution in [0.2, 0.25) is 0 Å². The highest BCUT2D eigenvalue weighted by molar-refractivity contribution is 4.67. The standard InChI is InChI=1S/C12H26O4/c13-9-5-3-1-2-4-7-11(15)12(16)8-6-10-14/h11-16H,1-10H2. The Kier molecular flexibility index (Phi) is 11.2. The van der Waals surface area contributed by atoms with Crippen molar-refractivity contribution in [1.29, 1.82) is 0 Å². The smallest absolute Gasteiger partial charge is 0.0800 e. The lowest BCUT2D eigenvalue weighted by Gasteiger charge is -2.17. The van der Waals surface area contributed by atoms with Gasteiger partial charge in [-0.1, -0.05) is 25.7 Å². The van der Waals surface area contributed by atoms with Crippen LogP contribution in [-0.2, 0) is 0 Å². The summed E-state index contributed by atoms with van der Waals surface area (Å²) in [5, 5.41) is 36.2. The largest absolute Gasteiger partial charge is 0.396 e. The summed E-state index contributed by atoms with van der Waals surface area (Å²) in [5.41, 5.74) is 0. The third-order valence-corrected chi connectivity index (χ3v) is 2.76. The summed E-state index contributed by atoms with van der Waals surface area (Å²) >= 11 is 0. The van der Waals surface area contributed by atoms with Gasteiger partial charge in [0.25, 0.3) is 0 Å². The molecular weight excluding hydrogens is 208 g/mol. The number of unbranched alkanes of at least 4 members (excludes halogenated alkanes) is 4. The van der Waals surface area contributed by atoms with Crippen LogP contribution in [0.3, 0.4) is 0 Å². The third kappa shape index (κ3) is 9.09. The molecule has 0 rings (SSSR count). The van der Waals surface area contributed by atoms with Crippen molar-refractivity contribution < 1.29 is 20.4 Å². The molecule has 4 N–H and O–H groups in total. The summed E-state index contributed by atoms with van der Waals surface area (Å²) in [5.74, 6) is 0.